The van der Waals surface area contributed by atoms with Gasteiger partial charge in [0.25, 0.3) is 5.91 Å². The van der Waals surface area contributed by atoms with Crippen molar-refractivity contribution in [2.45, 2.75) is 19.4 Å². The fourth-order valence-corrected chi connectivity index (χ4v) is 4.11. The summed E-state index contributed by atoms with van der Waals surface area (Å²) in [6, 6.07) is 14.8. The number of carbonyl (C=O) groups is 1. The Hall–Kier alpha value is -2.67. The van der Waals surface area contributed by atoms with E-state index in [9.17, 15) is 4.79 Å². The number of amides is 1. The number of hydrogen-bond donors (Lipinski definition) is 0. The number of hydrogen-bond acceptors (Lipinski definition) is 6. The summed E-state index contributed by atoms with van der Waals surface area (Å²) < 4.78 is 16.0. The molecule has 0 radical (unpaired) electrons. The van der Waals surface area contributed by atoms with Gasteiger partial charge in [-0.3, -0.25) is 9.69 Å². The molecule has 0 spiro atoms. The van der Waals surface area contributed by atoms with Crippen molar-refractivity contribution in [2.75, 3.05) is 26.6 Å². The van der Waals surface area contributed by atoms with Crippen molar-refractivity contribution in [2.24, 2.45) is 4.99 Å². The second-order valence-corrected chi connectivity index (χ2v) is 7.18. The number of rotatable bonds is 7. The van der Waals surface area contributed by atoms with E-state index >= 15 is 0 Å². The smallest absolute Gasteiger partial charge is 0.266 e. The highest BCUT2D eigenvalue weighted by atomic mass is 32.2. The van der Waals surface area contributed by atoms with Crippen LogP contribution in [-0.2, 0) is 4.79 Å². The van der Waals surface area contributed by atoms with Gasteiger partial charge in [0.05, 0.1) is 19.9 Å². The second kappa shape index (κ2) is 9.50. The van der Waals surface area contributed by atoms with Crippen LogP contribution in [0.25, 0.3) is 0 Å². The van der Waals surface area contributed by atoms with Gasteiger partial charge in [0.15, 0.2) is 11.8 Å². The van der Waals surface area contributed by atoms with E-state index in [0.29, 0.717) is 10.9 Å². The maximum absolute atomic E-state index is 12.9. The summed E-state index contributed by atoms with van der Waals surface area (Å²) in [5.74, 6) is 2.88. The molecule has 2 aromatic carbocycles. The quantitative estimate of drug-likeness (QED) is 0.700. The maximum atomic E-state index is 12.9. The van der Waals surface area contributed by atoms with Gasteiger partial charge in [0, 0.05) is 11.8 Å². The summed E-state index contributed by atoms with van der Waals surface area (Å²) in [6.07, 6.45) is 0.864. The molecule has 1 aliphatic heterocycles. The molecule has 148 valence electrons. The van der Waals surface area contributed by atoms with E-state index in [0.717, 1.165) is 29.4 Å². The summed E-state index contributed by atoms with van der Waals surface area (Å²) in [7, 11) is 3.24. The first-order valence-corrected chi connectivity index (χ1v) is 10.1. The minimum Gasteiger partial charge on any atom is -0.497 e. The second-order valence-electron chi connectivity index (χ2n) is 6.19. The lowest BCUT2D eigenvalue weighted by molar-refractivity contribution is -0.130. The SMILES string of the molecule is CC[C@H]1CSC(=Nc2ccc(OC)cc2)N1C(=O)COc1ccc(OC)cc1. The van der Waals surface area contributed by atoms with Crippen LogP contribution in [0.4, 0.5) is 5.69 Å². The summed E-state index contributed by atoms with van der Waals surface area (Å²) in [5, 5.41) is 0.709. The molecule has 1 heterocycles. The van der Waals surface area contributed by atoms with E-state index in [1.165, 1.54) is 0 Å². The topological polar surface area (TPSA) is 60.4 Å². The monoisotopic (exact) mass is 400 g/mol. The minimum absolute atomic E-state index is 0.0367. The zero-order chi connectivity index (χ0) is 19.9. The van der Waals surface area contributed by atoms with Gasteiger partial charge in [-0.25, -0.2) is 4.99 Å². The van der Waals surface area contributed by atoms with Crippen LogP contribution < -0.4 is 14.2 Å². The van der Waals surface area contributed by atoms with Crippen LogP contribution in [-0.4, -0.2) is 48.6 Å². The Bertz CT molecular complexity index is 821. The van der Waals surface area contributed by atoms with Crippen molar-refractivity contribution in [1.82, 2.24) is 4.90 Å². The van der Waals surface area contributed by atoms with Crippen molar-refractivity contribution in [3.05, 3.63) is 48.5 Å². The van der Waals surface area contributed by atoms with Gasteiger partial charge in [-0.1, -0.05) is 18.7 Å². The molecule has 0 unspecified atom stereocenters. The van der Waals surface area contributed by atoms with Crippen LogP contribution in [0.1, 0.15) is 13.3 Å². The van der Waals surface area contributed by atoms with Crippen LogP contribution in [0.15, 0.2) is 53.5 Å². The van der Waals surface area contributed by atoms with Crippen molar-refractivity contribution in [3.63, 3.8) is 0 Å². The molecule has 1 amide bonds. The molecule has 3 rings (SSSR count). The zero-order valence-electron chi connectivity index (χ0n) is 16.3. The van der Waals surface area contributed by atoms with E-state index in [-0.39, 0.29) is 18.6 Å². The van der Waals surface area contributed by atoms with Gasteiger partial charge < -0.3 is 14.2 Å². The van der Waals surface area contributed by atoms with Gasteiger partial charge in [-0.2, -0.15) is 0 Å². The van der Waals surface area contributed by atoms with Gasteiger partial charge in [0.1, 0.15) is 17.2 Å². The molecule has 0 bridgehead atoms. The summed E-state index contributed by atoms with van der Waals surface area (Å²) in [6.45, 7) is 2.04. The van der Waals surface area contributed by atoms with Crippen LogP contribution in [0.3, 0.4) is 0 Å². The average Bonchev–Trinajstić information content (AvgIpc) is 3.15. The normalized spacial score (nSPS) is 17.6. The molecule has 1 fully saturated rings. The first-order chi connectivity index (χ1) is 13.6. The first-order valence-electron chi connectivity index (χ1n) is 9.09. The number of aliphatic imine (C=N–C) groups is 1. The predicted molar refractivity (Wildman–Crippen MR) is 112 cm³/mol. The van der Waals surface area contributed by atoms with E-state index in [4.69, 9.17) is 14.2 Å². The van der Waals surface area contributed by atoms with Crippen molar-refractivity contribution in [1.29, 1.82) is 0 Å². The number of ether oxygens (including phenoxy) is 3. The number of nitrogens with zero attached hydrogens (tertiary/aromatic N) is 2. The molecule has 7 heteroatoms. The van der Waals surface area contributed by atoms with Crippen LogP contribution >= 0.6 is 11.8 Å². The molecule has 0 aromatic heterocycles. The Morgan fingerprint density at radius 2 is 1.61 bits per heavy atom. The molecule has 0 aliphatic carbocycles. The standard InChI is InChI=1S/C21H24N2O4S/c1-4-16-14-28-21(22-15-5-7-17(25-2)8-6-15)23(16)20(24)13-27-19-11-9-18(26-3)10-12-19/h5-12,16H,4,13-14H2,1-3H3/t16-/m0/s1. The summed E-state index contributed by atoms with van der Waals surface area (Å²) in [5.41, 5.74) is 0.786. The zero-order valence-corrected chi connectivity index (χ0v) is 17.1. The highest BCUT2D eigenvalue weighted by Crippen LogP contribution is 2.29. The van der Waals surface area contributed by atoms with E-state index < -0.39 is 0 Å². The molecule has 1 saturated heterocycles. The van der Waals surface area contributed by atoms with Crippen LogP contribution in [0, 0.1) is 0 Å². The number of thioether (sulfide) groups is 1. The molecule has 28 heavy (non-hydrogen) atoms. The van der Waals surface area contributed by atoms with Crippen molar-refractivity contribution >= 4 is 28.5 Å². The molecular weight excluding hydrogens is 376 g/mol. The van der Waals surface area contributed by atoms with E-state index in [1.54, 1.807) is 55.1 Å². The molecular formula is C21H24N2O4S. The van der Waals surface area contributed by atoms with Crippen molar-refractivity contribution < 1.29 is 19.0 Å². The largest absolute Gasteiger partial charge is 0.497 e. The molecule has 2 aromatic rings. The lowest BCUT2D eigenvalue weighted by atomic mass is 10.2. The molecule has 0 N–H and O–H groups in total. The first kappa shape index (κ1) is 20.1. The molecule has 0 saturated carbocycles. The Morgan fingerprint density at radius 1 is 1.04 bits per heavy atom. The Balaban J connectivity index is 1.71. The number of amidine groups is 1. The predicted octanol–water partition coefficient (Wildman–Crippen LogP) is 4.12. The Labute approximate surface area is 169 Å². The third kappa shape index (κ3) is 4.78. The van der Waals surface area contributed by atoms with Gasteiger partial charge in [-0.15, -0.1) is 0 Å². The van der Waals surface area contributed by atoms with Gasteiger partial charge >= 0.3 is 0 Å². The van der Waals surface area contributed by atoms with Crippen LogP contribution in [0.2, 0.25) is 0 Å². The molecule has 1 aliphatic rings. The van der Waals surface area contributed by atoms with E-state index in [2.05, 4.69) is 11.9 Å². The number of methoxy groups -OCH3 is 2. The average molecular weight is 401 g/mol. The molecule has 6 nitrogen and oxygen atoms in total. The van der Waals surface area contributed by atoms with Crippen molar-refractivity contribution in [3.8, 4) is 17.2 Å². The molecule has 1 atom stereocenters. The highest BCUT2D eigenvalue weighted by Gasteiger charge is 2.34. The lowest BCUT2D eigenvalue weighted by Crippen LogP contribution is -2.41. The third-order valence-corrected chi connectivity index (χ3v) is 5.53. The number of carbonyl (C=O) groups excluding carboxylic acids is 1. The Morgan fingerprint density at radius 3 is 2.18 bits per heavy atom. The van der Waals surface area contributed by atoms with Gasteiger partial charge in [0.2, 0.25) is 0 Å². The Kier molecular flexibility index (Phi) is 6.81. The summed E-state index contributed by atoms with van der Waals surface area (Å²) in [4.78, 5) is 19.3. The highest BCUT2D eigenvalue weighted by molar-refractivity contribution is 8.14. The lowest BCUT2D eigenvalue weighted by Gasteiger charge is -2.23. The maximum Gasteiger partial charge on any atom is 0.266 e. The fraction of sp³-hybridized carbons (Fsp3) is 0.333. The van der Waals surface area contributed by atoms with Gasteiger partial charge in [-0.05, 0) is 55.0 Å². The number of benzene rings is 2. The third-order valence-electron chi connectivity index (χ3n) is 4.43. The minimum atomic E-state index is -0.0973. The van der Waals surface area contributed by atoms with E-state index in [1.807, 2.05) is 24.3 Å². The van der Waals surface area contributed by atoms with Crippen LogP contribution in [0.5, 0.6) is 17.2 Å². The fourth-order valence-electron chi connectivity index (χ4n) is 2.82. The summed E-state index contributed by atoms with van der Waals surface area (Å²) >= 11 is 1.59.